The second-order valence-corrected chi connectivity index (χ2v) is 8.41. The first-order chi connectivity index (χ1) is 11.9. The van der Waals surface area contributed by atoms with Crippen molar-refractivity contribution in [3.05, 3.63) is 35.5 Å². The molecule has 0 aromatic heterocycles. The van der Waals surface area contributed by atoms with E-state index in [0.29, 0.717) is 16.7 Å². The van der Waals surface area contributed by atoms with Gasteiger partial charge in [-0.05, 0) is 42.9 Å². The van der Waals surface area contributed by atoms with Crippen LogP contribution in [0.3, 0.4) is 0 Å². The average molecular weight is 364 g/mol. The van der Waals surface area contributed by atoms with E-state index in [1.165, 1.54) is 6.08 Å². The lowest BCUT2D eigenvalue weighted by molar-refractivity contribution is -0.223. The maximum absolute atomic E-state index is 12.7. The molecule has 0 aromatic rings. The quantitative estimate of drug-likeness (QED) is 0.448. The van der Waals surface area contributed by atoms with Crippen molar-refractivity contribution in [2.24, 2.45) is 17.8 Å². The molecule has 0 spiro atoms. The first kappa shape index (κ1) is 19.5. The first-order valence-electron chi connectivity index (χ1n) is 8.97. The Morgan fingerprint density at radius 3 is 2.46 bits per heavy atom. The van der Waals surface area contributed by atoms with Crippen molar-refractivity contribution in [1.82, 2.24) is 0 Å². The molecule has 0 heterocycles. The fourth-order valence-corrected chi connectivity index (χ4v) is 5.21. The number of hydrogen-bond acceptors (Lipinski definition) is 6. The molecule has 1 fully saturated rings. The zero-order valence-electron chi connectivity index (χ0n) is 15.4. The highest BCUT2D eigenvalue weighted by atomic mass is 16.4. The van der Waals surface area contributed by atoms with Crippen LogP contribution in [-0.4, -0.2) is 60.8 Å². The number of carbonyl (C=O) groups excluding carboxylic acids is 1. The summed E-state index contributed by atoms with van der Waals surface area (Å²) in [6, 6.07) is 0. The van der Waals surface area contributed by atoms with Gasteiger partial charge in [0.05, 0.1) is 18.3 Å². The van der Waals surface area contributed by atoms with E-state index in [4.69, 9.17) is 0 Å². The maximum Gasteiger partial charge on any atom is 0.190 e. The Bertz CT molecular complexity index is 724. The van der Waals surface area contributed by atoms with Crippen LogP contribution in [0.25, 0.3) is 0 Å². The Morgan fingerprint density at radius 2 is 1.92 bits per heavy atom. The number of Topliss-reactive ketones (excluding diaryl/α,β-unsaturated/α-hetero) is 1. The minimum absolute atomic E-state index is 0.0481. The average Bonchev–Trinajstić information content (AvgIpc) is 2.73. The molecule has 3 rings (SSSR count). The third kappa shape index (κ3) is 2.26. The van der Waals surface area contributed by atoms with E-state index >= 15 is 0 Å². The van der Waals surface area contributed by atoms with Gasteiger partial charge in [-0.25, -0.2) is 0 Å². The van der Waals surface area contributed by atoms with Crippen molar-refractivity contribution in [1.29, 1.82) is 0 Å². The Kier molecular flexibility index (Phi) is 4.37. The Labute approximate surface area is 153 Å². The predicted octanol–water partition coefficient (Wildman–Crippen LogP) is 0.240. The Morgan fingerprint density at radius 1 is 1.31 bits per heavy atom. The molecule has 0 amide bonds. The molecule has 6 nitrogen and oxygen atoms in total. The van der Waals surface area contributed by atoms with Gasteiger partial charge in [-0.2, -0.15) is 0 Å². The SMILES string of the molecule is C=C(C)[C@]1(O)C[C@@H](C)[C@@]2(O)[C@@H](C=C(CO)C[C@]3(O)C(=O)C(C)=C[C@@H]23)[C@H]1O. The molecule has 144 valence electrons. The van der Waals surface area contributed by atoms with Crippen LogP contribution in [0.5, 0.6) is 0 Å². The van der Waals surface area contributed by atoms with Crippen LogP contribution in [-0.2, 0) is 4.79 Å². The number of aliphatic hydroxyl groups is 5. The zero-order chi connectivity index (χ0) is 19.7. The van der Waals surface area contributed by atoms with Gasteiger partial charge in [0.15, 0.2) is 5.78 Å². The van der Waals surface area contributed by atoms with Crippen molar-refractivity contribution in [3.8, 4) is 0 Å². The summed E-state index contributed by atoms with van der Waals surface area (Å²) < 4.78 is 0. The van der Waals surface area contributed by atoms with Crippen LogP contribution in [0.1, 0.15) is 33.6 Å². The van der Waals surface area contributed by atoms with Crippen LogP contribution in [0.2, 0.25) is 0 Å². The van der Waals surface area contributed by atoms with Gasteiger partial charge in [0.2, 0.25) is 0 Å². The summed E-state index contributed by atoms with van der Waals surface area (Å²) in [7, 11) is 0. The number of aliphatic hydroxyl groups excluding tert-OH is 2. The van der Waals surface area contributed by atoms with Crippen molar-refractivity contribution in [2.45, 2.75) is 56.5 Å². The highest BCUT2D eigenvalue weighted by Gasteiger charge is 2.67. The van der Waals surface area contributed by atoms with Gasteiger partial charge >= 0.3 is 0 Å². The molecule has 0 radical (unpaired) electrons. The van der Waals surface area contributed by atoms with E-state index in [9.17, 15) is 30.3 Å². The maximum atomic E-state index is 12.7. The minimum atomic E-state index is -1.87. The first-order valence-corrected chi connectivity index (χ1v) is 8.97. The third-order valence-corrected chi connectivity index (χ3v) is 6.80. The number of carbonyl (C=O) groups is 1. The molecular formula is C20H28O6. The fraction of sp³-hybridized carbons (Fsp3) is 0.650. The summed E-state index contributed by atoms with van der Waals surface area (Å²) in [5.41, 5.74) is -4.03. The van der Waals surface area contributed by atoms with Gasteiger partial charge in [-0.3, -0.25) is 4.79 Å². The lowest BCUT2D eigenvalue weighted by Gasteiger charge is -2.56. The molecule has 0 bridgehead atoms. The highest BCUT2D eigenvalue weighted by molar-refractivity contribution is 6.04. The summed E-state index contributed by atoms with van der Waals surface area (Å²) in [6.07, 6.45) is 1.63. The van der Waals surface area contributed by atoms with Crippen molar-refractivity contribution in [3.63, 3.8) is 0 Å². The Balaban J connectivity index is 2.23. The summed E-state index contributed by atoms with van der Waals surface area (Å²) in [5.74, 6) is -2.92. The van der Waals surface area contributed by atoms with Gasteiger partial charge in [-0.15, -0.1) is 0 Å². The molecule has 0 unspecified atom stereocenters. The minimum Gasteiger partial charge on any atom is -0.392 e. The van der Waals surface area contributed by atoms with Crippen LogP contribution in [0, 0.1) is 17.8 Å². The Hall–Kier alpha value is -1.31. The van der Waals surface area contributed by atoms with Gasteiger partial charge in [0.1, 0.15) is 11.2 Å². The molecule has 0 saturated heterocycles. The standard InChI is InChI=1S/C20H28O6/c1-10(2)18(24)7-12(4)20(26)14(17(18)23)6-13(9-21)8-19(25)15(20)5-11(3)16(19)22/h5-6,12,14-15,17,21,23-26H,1,7-9H2,2-4H3/t12-,14+,15-,17-,18-,19-,20-/m1/s1. The molecular weight excluding hydrogens is 336 g/mol. The van der Waals surface area contributed by atoms with E-state index in [0.717, 1.165) is 0 Å². The molecule has 6 heteroatoms. The summed E-state index contributed by atoms with van der Waals surface area (Å²) in [4.78, 5) is 12.7. The topological polar surface area (TPSA) is 118 Å². The van der Waals surface area contributed by atoms with E-state index in [-0.39, 0.29) is 12.8 Å². The van der Waals surface area contributed by atoms with Crippen molar-refractivity contribution >= 4 is 5.78 Å². The van der Waals surface area contributed by atoms with Crippen molar-refractivity contribution in [2.75, 3.05) is 6.61 Å². The number of fused-ring (bicyclic) bond motifs is 3. The van der Waals surface area contributed by atoms with Crippen LogP contribution >= 0.6 is 0 Å². The van der Waals surface area contributed by atoms with Crippen molar-refractivity contribution < 1.29 is 30.3 Å². The molecule has 0 aromatic carbocycles. The van der Waals surface area contributed by atoms with Crippen LogP contribution in [0.4, 0.5) is 0 Å². The van der Waals surface area contributed by atoms with Gasteiger partial charge in [0, 0.05) is 18.3 Å². The molecule has 3 aliphatic rings. The molecule has 7 atom stereocenters. The number of hydrogen-bond donors (Lipinski definition) is 5. The normalized spacial score (nSPS) is 48.2. The molecule has 26 heavy (non-hydrogen) atoms. The second kappa shape index (κ2) is 5.84. The lowest BCUT2D eigenvalue weighted by Crippen LogP contribution is -2.68. The molecule has 0 aliphatic heterocycles. The summed E-state index contributed by atoms with van der Waals surface area (Å²) in [5, 5.41) is 54.6. The van der Waals surface area contributed by atoms with E-state index in [2.05, 4.69) is 6.58 Å². The second-order valence-electron chi connectivity index (χ2n) is 8.41. The summed E-state index contributed by atoms with van der Waals surface area (Å²) >= 11 is 0. The fourth-order valence-electron chi connectivity index (χ4n) is 5.21. The predicted molar refractivity (Wildman–Crippen MR) is 95.0 cm³/mol. The molecule has 1 saturated carbocycles. The summed E-state index contributed by atoms with van der Waals surface area (Å²) in [6.45, 7) is 8.31. The highest BCUT2D eigenvalue weighted by Crippen LogP contribution is 2.57. The largest absolute Gasteiger partial charge is 0.392 e. The molecule has 5 N–H and O–H groups in total. The van der Waals surface area contributed by atoms with Gasteiger partial charge < -0.3 is 25.5 Å². The van der Waals surface area contributed by atoms with Crippen LogP contribution in [0.15, 0.2) is 35.5 Å². The van der Waals surface area contributed by atoms with E-state index < -0.39 is 53.1 Å². The van der Waals surface area contributed by atoms with E-state index in [1.54, 1.807) is 26.8 Å². The third-order valence-electron chi connectivity index (χ3n) is 6.80. The molecule has 3 aliphatic carbocycles. The van der Waals surface area contributed by atoms with Gasteiger partial charge in [0.25, 0.3) is 0 Å². The smallest absolute Gasteiger partial charge is 0.190 e. The lowest BCUT2D eigenvalue weighted by atomic mass is 9.55. The van der Waals surface area contributed by atoms with Gasteiger partial charge in [-0.1, -0.05) is 25.7 Å². The number of rotatable bonds is 2. The monoisotopic (exact) mass is 364 g/mol. The zero-order valence-corrected chi connectivity index (χ0v) is 15.4. The van der Waals surface area contributed by atoms with E-state index in [1.807, 2.05) is 0 Å². The van der Waals surface area contributed by atoms with Crippen LogP contribution < -0.4 is 0 Å². The number of ketones is 1.